The lowest BCUT2D eigenvalue weighted by Gasteiger charge is -2.29. The van der Waals surface area contributed by atoms with E-state index in [0.29, 0.717) is 0 Å². The maximum absolute atomic E-state index is 13.5. The number of hydrogen-bond donors (Lipinski definition) is 1. The molecule has 0 fully saturated rings. The number of carbonyl (C=O) groups excluding carboxylic acids is 1. The second kappa shape index (κ2) is 5.25. The van der Waals surface area contributed by atoms with E-state index in [1.165, 1.54) is 0 Å². The summed E-state index contributed by atoms with van der Waals surface area (Å²) in [4.78, 5) is 21.5. The van der Waals surface area contributed by atoms with Crippen LogP contribution < -0.4 is 0 Å². The van der Waals surface area contributed by atoms with Crippen LogP contribution in [0.3, 0.4) is 0 Å². The molecule has 0 heterocycles. The van der Waals surface area contributed by atoms with Gasteiger partial charge in [0.1, 0.15) is 5.82 Å². The van der Waals surface area contributed by atoms with Crippen molar-refractivity contribution in [1.29, 1.82) is 0 Å². The molecule has 0 aliphatic carbocycles. The van der Waals surface area contributed by atoms with E-state index >= 15 is 0 Å². The van der Waals surface area contributed by atoms with Crippen LogP contribution in [0, 0.1) is 12.7 Å². The Balaban J connectivity index is 3.42. The lowest BCUT2D eigenvalue weighted by Crippen LogP contribution is -2.61. The molecular formula is C12H7F7O3. The third kappa shape index (κ3) is 2.53. The minimum Gasteiger partial charge on any atom is -0.477 e. The molecule has 122 valence electrons. The first-order valence-corrected chi connectivity index (χ1v) is 5.44. The van der Waals surface area contributed by atoms with Crippen LogP contribution in [0.2, 0.25) is 0 Å². The van der Waals surface area contributed by atoms with E-state index in [-0.39, 0.29) is 11.6 Å². The average molecular weight is 332 g/mol. The number of ketones is 1. The maximum Gasteiger partial charge on any atom is 0.411 e. The topological polar surface area (TPSA) is 54.4 Å². The Morgan fingerprint density at radius 2 is 1.50 bits per heavy atom. The van der Waals surface area contributed by atoms with Crippen molar-refractivity contribution in [3.05, 3.63) is 35.1 Å². The Labute approximate surface area is 118 Å². The number of hydrogen-bond acceptors (Lipinski definition) is 2. The zero-order valence-electron chi connectivity index (χ0n) is 10.6. The number of Topliss-reactive ketones (excluding diaryl/α,β-unsaturated/α-hetero) is 1. The molecule has 0 saturated heterocycles. The smallest absolute Gasteiger partial charge is 0.411 e. The van der Waals surface area contributed by atoms with Crippen LogP contribution in [0.25, 0.3) is 0 Å². The Morgan fingerprint density at radius 1 is 1.00 bits per heavy atom. The Hall–Kier alpha value is -2.13. The van der Waals surface area contributed by atoms with E-state index in [0.717, 1.165) is 19.1 Å². The predicted molar refractivity (Wildman–Crippen MR) is 57.9 cm³/mol. The normalized spacial score (nSPS) is 13.1. The molecule has 0 bridgehead atoms. The van der Waals surface area contributed by atoms with E-state index in [4.69, 9.17) is 5.11 Å². The van der Waals surface area contributed by atoms with E-state index in [1.54, 1.807) is 0 Å². The van der Waals surface area contributed by atoms with Gasteiger partial charge in [-0.25, -0.2) is 9.18 Å². The average Bonchev–Trinajstić information content (AvgIpc) is 2.39. The quantitative estimate of drug-likeness (QED) is 0.665. The first-order valence-electron chi connectivity index (χ1n) is 5.44. The number of carboxylic acids is 1. The highest BCUT2D eigenvalue weighted by Gasteiger charge is 2.78. The van der Waals surface area contributed by atoms with Gasteiger partial charge in [0, 0.05) is 5.56 Å². The second-order valence-corrected chi connectivity index (χ2v) is 4.32. The summed E-state index contributed by atoms with van der Waals surface area (Å²) in [5.74, 6) is -26.3. The van der Waals surface area contributed by atoms with Crippen LogP contribution in [0.4, 0.5) is 30.7 Å². The Bertz CT molecular complexity index is 625. The molecule has 0 aromatic heterocycles. The molecule has 1 N–H and O–H groups in total. The fraction of sp³-hybridized carbons (Fsp3) is 0.333. The molecule has 1 rings (SSSR count). The Kier molecular flexibility index (Phi) is 4.28. The third-order valence-corrected chi connectivity index (χ3v) is 2.79. The van der Waals surface area contributed by atoms with Gasteiger partial charge in [0.2, 0.25) is 5.78 Å². The highest BCUT2D eigenvalue weighted by molar-refractivity contribution is 6.03. The number of carbonyl (C=O) groups is 2. The highest BCUT2D eigenvalue weighted by atomic mass is 19.3. The van der Waals surface area contributed by atoms with Crippen LogP contribution in [-0.4, -0.2) is 34.6 Å². The first kappa shape index (κ1) is 17.9. The van der Waals surface area contributed by atoms with Gasteiger partial charge in [-0.2, -0.15) is 26.3 Å². The molecule has 0 amide bonds. The number of alkyl halides is 6. The number of benzene rings is 1. The van der Waals surface area contributed by atoms with Gasteiger partial charge >= 0.3 is 23.7 Å². The van der Waals surface area contributed by atoms with Crippen LogP contribution >= 0.6 is 0 Å². The van der Waals surface area contributed by atoms with Crippen LogP contribution in [0.1, 0.15) is 15.9 Å². The van der Waals surface area contributed by atoms with E-state index < -0.39 is 40.9 Å². The zero-order chi connectivity index (χ0) is 17.5. The molecule has 10 heteroatoms. The minimum atomic E-state index is -6.51. The maximum atomic E-state index is 13.5. The molecule has 0 aliphatic heterocycles. The highest BCUT2D eigenvalue weighted by Crippen LogP contribution is 2.47. The zero-order valence-corrected chi connectivity index (χ0v) is 10.6. The molecule has 1 aromatic carbocycles. The van der Waals surface area contributed by atoms with Gasteiger partial charge in [-0.1, -0.05) is 6.07 Å². The molecule has 1 aromatic rings. The van der Waals surface area contributed by atoms with Crippen molar-refractivity contribution in [3.8, 4) is 0 Å². The second-order valence-electron chi connectivity index (χ2n) is 4.32. The molecule has 3 nitrogen and oxygen atoms in total. The van der Waals surface area contributed by atoms with E-state index in [2.05, 4.69) is 0 Å². The summed E-state index contributed by atoms with van der Waals surface area (Å²) in [5.41, 5.74) is -1.63. The number of aryl methyl sites for hydroxylation is 1. The van der Waals surface area contributed by atoms with Crippen molar-refractivity contribution in [2.45, 2.75) is 24.7 Å². The lowest BCUT2D eigenvalue weighted by molar-refractivity contribution is -0.285. The van der Waals surface area contributed by atoms with Gasteiger partial charge < -0.3 is 5.11 Å². The molecule has 0 radical (unpaired) electrons. The first-order chi connectivity index (χ1) is 9.76. The minimum absolute atomic E-state index is 0.167. The molecule has 0 atom stereocenters. The molecule has 0 saturated carbocycles. The van der Waals surface area contributed by atoms with Crippen molar-refractivity contribution < 1.29 is 45.4 Å². The van der Waals surface area contributed by atoms with Crippen molar-refractivity contribution in [1.82, 2.24) is 0 Å². The van der Waals surface area contributed by atoms with Crippen LogP contribution in [0.15, 0.2) is 18.2 Å². The number of carboxylic acid groups (broad SMARTS) is 1. The number of halogens is 7. The fourth-order valence-corrected chi connectivity index (χ4v) is 1.48. The van der Waals surface area contributed by atoms with Crippen molar-refractivity contribution in [3.63, 3.8) is 0 Å². The number of rotatable bonds is 5. The standard InChI is InChI=1S/C12H7F7O3/c1-5-2-3-6(13)4-7(5)8(20)10(14,15)12(18,19)11(16,17)9(21)22/h2-4H,1H3,(H,21,22). The number of aliphatic carboxylic acids is 1. The van der Waals surface area contributed by atoms with Crippen molar-refractivity contribution in [2.75, 3.05) is 0 Å². The largest absolute Gasteiger partial charge is 0.477 e. The van der Waals surface area contributed by atoms with E-state index in [1.807, 2.05) is 0 Å². The molecule has 22 heavy (non-hydrogen) atoms. The lowest BCUT2D eigenvalue weighted by atomic mass is 9.93. The van der Waals surface area contributed by atoms with Crippen LogP contribution in [-0.2, 0) is 4.79 Å². The van der Waals surface area contributed by atoms with Gasteiger partial charge in [0.25, 0.3) is 0 Å². The van der Waals surface area contributed by atoms with Gasteiger partial charge in [-0.3, -0.25) is 4.79 Å². The summed E-state index contributed by atoms with van der Waals surface area (Å²) in [6, 6.07) is 1.70. The Morgan fingerprint density at radius 3 is 1.95 bits per heavy atom. The third-order valence-electron chi connectivity index (χ3n) is 2.79. The summed E-state index contributed by atoms with van der Waals surface area (Å²) in [5, 5.41) is 7.96. The molecule has 0 unspecified atom stereocenters. The summed E-state index contributed by atoms with van der Waals surface area (Å²) in [6.07, 6.45) is 0. The summed E-state index contributed by atoms with van der Waals surface area (Å²) < 4.78 is 91.9. The SMILES string of the molecule is Cc1ccc(F)cc1C(=O)C(F)(F)C(F)(F)C(F)(F)C(=O)O. The molecule has 0 spiro atoms. The van der Waals surface area contributed by atoms with Gasteiger partial charge in [0.15, 0.2) is 0 Å². The monoisotopic (exact) mass is 332 g/mol. The summed E-state index contributed by atoms with van der Waals surface area (Å²) in [6.45, 7) is 0.982. The van der Waals surface area contributed by atoms with Gasteiger partial charge in [0.05, 0.1) is 0 Å². The molecular weight excluding hydrogens is 325 g/mol. The predicted octanol–water partition coefficient (Wildman–Crippen LogP) is 3.31. The summed E-state index contributed by atoms with van der Waals surface area (Å²) >= 11 is 0. The fourth-order valence-electron chi connectivity index (χ4n) is 1.48. The van der Waals surface area contributed by atoms with Gasteiger partial charge in [-0.15, -0.1) is 0 Å². The van der Waals surface area contributed by atoms with Crippen LogP contribution in [0.5, 0.6) is 0 Å². The summed E-state index contributed by atoms with van der Waals surface area (Å²) in [7, 11) is 0. The molecule has 0 aliphatic rings. The van der Waals surface area contributed by atoms with Crippen molar-refractivity contribution >= 4 is 11.8 Å². The van der Waals surface area contributed by atoms with Crippen molar-refractivity contribution in [2.24, 2.45) is 0 Å². The van der Waals surface area contributed by atoms with E-state index in [9.17, 15) is 40.3 Å². The van der Waals surface area contributed by atoms with Gasteiger partial charge in [-0.05, 0) is 24.6 Å².